The van der Waals surface area contributed by atoms with E-state index in [0.29, 0.717) is 0 Å². The lowest BCUT2D eigenvalue weighted by molar-refractivity contribution is -0.116. The lowest BCUT2D eigenvalue weighted by atomic mass is 10.5. The number of aromatic amines is 1. The number of aromatic nitrogens is 3. The molecule has 0 saturated heterocycles. The van der Waals surface area contributed by atoms with E-state index < -0.39 is 11.4 Å². The molecular weight excluding hydrogens is 214 g/mol. The monoisotopic (exact) mass is 225 g/mol. The first-order valence-corrected chi connectivity index (χ1v) is 4.41. The van der Waals surface area contributed by atoms with Crippen LogP contribution < -0.4 is 22.4 Å². The zero-order valence-electron chi connectivity index (χ0n) is 8.40. The van der Waals surface area contributed by atoms with E-state index in [4.69, 9.17) is 5.73 Å². The van der Waals surface area contributed by atoms with Gasteiger partial charge in [0.15, 0.2) is 0 Å². The Hall–Kier alpha value is -2.38. The van der Waals surface area contributed by atoms with Gasteiger partial charge in [0.2, 0.25) is 11.9 Å². The highest BCUT2D eigenvalue weighted by Crippen LogP contribution is 1.76. The number of anilines is 1. The largest absolute Gasteiger partial charge is 0.369 e. The van der Waals surface area contributed by atoms with Gasteiger partial charge in [-0.25, -0.2) is 14.2 Å². The third kappa shape index (κ3) is 2.80. The Balaban J connectivity index is 2.75. The lowest BCUT2D eigenvalue weighted by Gasteiger charge is -2.04. The fraction of sp³-hybridized carbons (Fsp3) is 0.250. The summed E-state index contributed by atoms with van der Waals surface area (Å²) in [7, 11) is 0. The number of nitrogen functional groups attached to an aromatic ring is 1. The maximum absolute atomic E-state index is 11.3. The molecule has 8 nitrogen and oxygen atoms in total. The summed E-state index contributed by atoms with van der Waals surface area (Å²) in [5, 5.41) is 2.42. The summed E-state index contributed by atoms with van der Waals surface area (Å²) in [6.07, 6.45) is 1.09. The predicted octanol–water partition coefficient (Wildman–Crippen LogP) is -2.18. The molecule has 0 unspecified atom stereocenters. The van der Waals surface area contributed by atoms with Gasteiger partial charge >= 0.3 is 11.4 Å². The molecule has 1 amide bonds. The number of H-pyrrole nitrogens is 1. The third-order valence-electron chi connectivity index (χ3n) is 1.75. The maximum Gasteiger partial charge on any atom is 0.354 e. The second-order valence-electron chi connectivity index (χ2n) is 2.86. The van der Waals surface area contributed by atoms with Crippen LogP contribution >= 0.6 is 0 Å². The van der Waals surface area contributed by atoms with Gasteiger partial charge in [-0.2, -0.15) is 4.98 Å². The fourth-order valence-corrected chi connectivity index (χ4v) is 1.02. The minimum absolute atomic E-state index is 0.0149. The van der Waals surface area contributed by atoms with E-state index in [1.165, 1.54) is 0 Å². The molecular formula is C8H11N5O3. The summed E-state index contributed by atoms with van der Waals surface area (Å²) in [5.74, 6) is -0.616. The van der Waals surface area contributed by atoms with Crippen LogP contribution in [0.2, 0.25) is 0 Å². The van der Waals surface area contributed by atoms with Crippen molar-refractivity contribution in [3.8, 4) is 0 Å². The molecule has 0 fully saturated rings. The molecule has 4 N–H and O–H groups in total. The first-order chi connectivity index (χ1) is 7.54. The highest BCUT2D eigenvalue weighted by molar-refractivity contribution is 5.86. The van der Waals surface area contributed by atoms with Crippen LogP contribution in [0.3, 0.4) is 0 Å². The highest BCUT2D eigenvalue weighted by Gasteiger charge is 2.03. The molecule has 0 atom stereocenters. The number of rotatable bonds is 4. The van der Waals surface area contributed by atoms with Crippen molar-refractivity contribution in [2.45, 2.75) is 6.54 Å². The van der Waals surface area contributed by atoms with Gasteiger partial charge < -0.3 is 11.1 Å². The van der Waals surface area contributed by atoms with Gasteiger partial charge in [0.1, 0.15) is 0 Å². The van der Waals surface area contributed by atoms with E-state index in [1.54, 1.807) is 0 Å². The second-order valence-corrected chi connectivity index (χ2v) is 2.86. The summed E-state index contributed by atoms with van der Waals surface area (Å²) in [4.78, 5) is 38.8. The van der Waals surface area contributed by atoms with Crippen LogP contribution in [0.5, 0.6) is 0 Å². The van der Waals surface area contributed by atoms with Gasteiger partial charge in [-0.1, -0.05) is 6.58 Å². The minimum Gasteiger partial charge on any atom is -0.369 e. The molecule has 1 heterocycles. The van der Waals surface area contributed by atoms with E-state index in [2.05, 4.69) is 21.9 Å². The summed E-state index contributed by atoms with van der Waals surface area (Å²) in [6, 6.07) is 0. The van der Waals surface area contributed by atoms with E-state index in [-0.39, 0.29) is 24.9 Å². The number of amides is 1. The topological polar surface area (TPSA) is 123 Å². The number of carbonyl (C=O) groups excluding carboxylic acids is 1. The van der Waals surface area contributed by atoms with Crippen molar-refractivity contribution < 1.29 is 4.79 Å². The Morgan fingerprint density at radius 2 is 2.31 bits per heavy atom. The van der Waals surface area contributed by atoms with Gasteiger partial charge in [-0.3, -0.25) is 9.78 Å². The molecule has 16 heavy (non-hydrogen) atoms. The van der Waals surface area contributed by atoms with Gasteiger partial charge in [-0.15, -0.1) is 0 Å². The average Bonchev–Trinajstić information content (AvgIpc) is 2.21. The Morgan fingerprint density at radius 1 is 1.62 bits per heavy atom. The second kappa shape index (κ2) is 4.91. The van der Waals surface area contributed by atoms with Gasteiger partial charge in [0, 0.05) is 13.1 Å². The van der Waals surface area contributed by atoms with Crippen molar-refractivity contribution in [3.63, 3.8) is 0 Å². The Labute approximate surface area is 89.8 Å². The van der Waals surface area contributed by atoms with Crippen LogP contribution in [0.4, 0.5) is 5.95 Å². The van der Waals surface area contributed by atoms with Crippen LogP contribution in [0.15, 0.2) is 22.2 Å². The zero-order valence-corrected chi connectivity index (χ0v) is 8.40. The standard InChI is InChI=1S/C8H11N5O3/c1-2-5(14)10-3-4-13-7(15)11-6(9)12-8(13)16/h2H,1,3-4H2,(H,10,14)(H3,9,11,12,15,16). The molecule has 0 aromatic carbocycles. The molecule has 1 aromatic rings. The predicted molar refractivity (Wildman–Crippen MR) is 56.7 cm³/mol. The molecule has 1 aromatic heterocycles. The van der Waals surface area contributed by atoms with E-state index in [0.717, 1.165) is 10.6 Å². The van der Waals surface area contributed by atoms with Crippen molar-refractivity contribution in [2.24, 2.45) is 0 Å². The molecule has 1 rings (SSSR count). The summed E-state index contributed by atoms with van der Waals surface area (Å²) in [6.45, 7) is 3.39. The van der Waals surface area contributed by atoms with Crippen molar-refractivity contribution in [3.05, 3.63) is 33.6 Å². The molecule has 86 valence electrons. The molecule has 0 spiro atoms. The minimum atomic E-state index is -0.755. The smallest absolute Gasteiger partial charge is 0.354 e. The van der Waals surface area contributed by atoms with Crippen LogP contribution in [0.25, 0.3) is 0 Å². The zero-order chi connectivity index (χ0) is 12.1. The summed E-state index contributed by atoms with van der Waals surface area (Å²) < 4.78 is 0.833. The molecule has 0 aliphatic heterocycles. The first-order valence-electron chi connectivity index (χ1n) is 4.41. The molecule has 0 radical (unpaired) electrons. The van der Waals surface area contributed by atoms with Crippen LogP contribution in [0.1, 0.15) is 0 Å². The number of hydrogen-bond donors (Lipinski definition) is 3. The molecule has 0 bridgehead atoms. The maximum atomic E-state index is 11.3. The van der Waals surface area contributed by atoms with Gasteiger partial charge in [0.25, 0.3) is 0 Å². The Bertz CT molecular complexity index is 484. The quantitative estimate of drug-likeness (QED) is 0.502. The number of nitrogens with two attached hydrogens (primary N) is 1. The third-order valence-corrected chi connectivity index (χ3v) is 1.75. The van der Waals surface area contributed by atoms with Crippen molar-refractivity contribution in [2.75, 3.05) is 12.3 Å². The summed E-state index contributed by atoms with van der Waals surface area (Å²) >= 11 is 0. The molecule has 0 saturated carbocycles. The van der Waals surface area contributed by atoms with Gasteiger partial charge in [-0.05, 0) is 6.08 Å². The number of hydrogen-bond acceptors (Lipinski definition) is 5. The molecule has 8 heteroatoms. The molecule has 0 aliphatic carbocycles. The van der Waals surface area contributed by atoms with Crippen molar-refractivity contribution in [1.29, 1.82) is 0 Å². The van der Waals surface area contributed by atoms with Crippen molar-refractivity contribution >= 4 is 11.9 Å². The number of nitrogens with zero attached hydrogens (tertiary/aromatic N) is 2. The van der Waals surface area contributed by atoms with E-state index >= 15 is 0 Å². The Kier molecular flexibility index (Phi) is 3.59. The fourth-order valence-electron chi connectivity index (χ4n) is 1.02. The van der Waals surface area contributed by atoms with E-state index in [9.17, 15) is 14.4 Å². The van der Waals surface area contributed by atoms with Gasteiger partial charge in [0.05, 0.1) is 0 Å². The van der Waals surface area contributed by atoms with E-state index in [1.807, 2.05) is 0 Å². The van der Waals surface area contributed by atoms with Crippen LogP contribution in [-0.2, 0) is 11.3 Å². The lowest BCUT2D eigenvalue weighted by Crippen LogP contribution is -2.40. The molecule has 0 aliphatic rings. The van der Waals surface area contributed by atoms with Crippen LogP contribution in [0, 0.1) is 0 Å². The number of carbonyl (C=O) groups is 1. The average molecular weight is 225 g/mol. The van der Waals surface area contributed by atoms with Crippen molar-refractivity contribution in [1.82, 2.24) is 19.9 Å². The first kappa shape index (κ1) is 11.7. The Morgan fingerprint density at radius 3 is 2.88 bits per heavy atom. The highest BCUT2D eigenvalue weighted by atomic mass is 16.2. The SMILES string of the molecule is C=CC(=O)NCCn1c(=O)nc(N)[nH]c1=O. The summed E-state index contributed by atoms with van der Waals surface area (Å²) in [5.41, 5.74) is 3.75. The van der Waals surface area contributed by atoms with Crippen LogP contribution in [-0.4, -0.2) is 27.0 Å². The normalized spacial score (nSPS) is 9.75. The number of nitrogens with one attached hydrogen (secondary N) is 2.